The number of nitrogen functional groups attached to an aromatic ring is 1. The van der Waals surface area contributed by atoms with Crippen LogP contribution in [0.2, 0.25) is 0 Å². The molecule has 0 aliphatic carbocycles. The Labute approximate surface area is 85.7 Å². The Bertz CT molecular complexity index is 532. The number of nitrogens with zero attached hydrogens (tertiary/aromatic N) is 3. The number of nitrogens with two attached hydrogens (primary N) is 1. The number of hydrogen-bond donors (Lipinski definition) is 1. The van der Waals surface area contributed by atoms with Crippen LogP contribution in [0.25, 0.3) is 5.52 Å². The zero-order valence-corrected chi connectivity index (χ0v) is 8.39. The minimum Gasteiger partial charge on any atom is -0.465 e. The monoisotopic (exact) mass is 206 g/mol. The van der Waals surface area contributed by atoms with Crippen molar-refractivity contribution in [2.75, 3.05) is 12.8 Å². The second-order valence-corrected chi connectivity index (χ2v) is 3.09. The van der Waals surface area contributed by atoms with Crippen LogP contribution < -0.4 is 5.73 Å². The average molecular weight is 206 g/mol. The molecule has 2 aromatic rings. The molecule has 0 aromatic carbocycles. The molecule has 0 fully saturated rings. The molecule has 2 rings (SSSR count). The van der Waals surface area contributed by atoms with Gasteiger partial charge in [-0.15, -0.1) is 0 Å². The number of carbonyl (C=O) groups excluding carboxylic acids is 1. The van der Waals surface area contributed by atoms with Gasteiger partial charge in [0.15, 0.2) is 5.82 Å². The molecule has 0 aliphatic heterocycles. The molecule has 6 heteroatoms. The summed E-state index contributed by atoms with van der Waals surface area (Å²) in [6.07, 6.45) is 1.56. The molecule has 78 valence electrons. The SMILES string of the molecule is COC(=O)c1cc2c(N)nc(C)nn2c1. The number of anilines is 1. The van der Waals surface area contributed by atoms with Crippen LogP contribution in [-0.2, 0) is 4.74 Å². The van der Waals surface area contributed by atoms with Gasteiger partial charge in [-0.05, 0) is 13.0 Å². The number of esters is 1. The molecule has 0 saturated heterocycles. The first-order valence-electron chi connectivity index (χ1n) is 4.32. The number of methoxy groups -OCH3 is 1. The molecular formula is C9H10N4O2. The molecule has 0 radical (unpaired) electrons. The molecule has 2 heterocycles. The second-order valence-electron chi connectivity index (χ2n) is 3.09. The second kappa shape index (κ2) is 3.23. The zero-order valence-electron chi connectivity index (χ0n) is 8.39. The van der Waals surface area contributed by atoms with Crippen molar-refractivity contribution in [2.45, 2.75) is 6.92 Å². The molecule has 15 heavy (non-hydrogen) atoms. The fourth-order valence-electron chi connectivity index (χ4n) is 1.37. The molecule has 0 atom stereocenters. The van der Waals surface area contributed by atoms with Gasteiger partial charge in [-0.3, -0.25) is 0 Å². The van der Waals surface area contributed by atoms with Gasteiger partial charge in [0, 0.05) is 6.20 Å². The predicted octanol–water partition coefficient (Wildman–Crippen LogP) is 0.407. The summed E-state index contributed by atoms with van der Waals surface area (Å²) in [5.41, 5.74) is 6.69. The minimum atomic E-state index is -0.419. The van der Waals surface area contributed by atoms with E-state index in [1.807, 2.05) is 0 Å². The third-order valence-electron chi connectivity index (χ3n) is 2.02. The molecule has 0 aliphatic rings. The van der Waals surface area contributed by atoms with E-state index in [0.29, 0.717) is 22.7 Å². The maximum atomic E-state index is 11.3. The van der Waals surface area contributed by atoms with Gasteiger partial charge in [0.2, 0.25) is 0 Å². The highest BCUT2D eigenvalue weighted by atomic mass is 16.5. The van der Waals surface area contributed by atoms with Gasteiger partial charge in [-0.2, -0.15) is 5.10 Å². The van der Waals surface area contributed by atoms with Crippen LogP contribution in [0, 0.1) is 6.92 Å². The molecule has 0 bridgehead atoms. The summed E-state index contributed by atoms with van der Waals surface area (Å²) in [7, 11) is 1.32. The van der Waals surface area contributed by atoms with Crippen LogP contribution >= 0.6 is 0 Å². The lowest BCUT2D eigenvalue weighted by molar-refractivity contribution is 0.0601. The summed E-state index contributed by atoms with van der Waals surface area (Å²) in [4.78, 5) is 15.2. The largest absolute Gasteiger partial charge is 0.465 e. The van der Waals surface area contributed by atoms with Crippen LogP contribution in [0.1, 0.15) is 16.2 Å². The zero-order chi connectivity index (χ0) is 11.0. The van der Waals surface area contributed by atoms with Crippen molar-refractivity contribution >= 4 is 17.3 Å². The predicted molar refractivity (Wildman–Crippen MR) is 53.5 cm³/mol. The number of ether oxygens (including phenoxy) is 1. The van der Waals surface area contributed by atoms with Crippen molar-refractivity contribution < 1.29 is 9.53 Å². The number of rotatable bonds is 1. The van der Waals surface area contributed by atoms with E-state index in [1.165, 1.54) is 11.6 Å². The number of hydrogen-bond acceptors (Lipinski definition) is 5. The molecule has 2 aromatic heterocycles. The summed E-state index contributed by atoms with van der Waals surface area (Å²) in [6, 6.07) is 1.60. The highest BCUT2D eigenvalue weighted by Gasteiger charge is 2.11. The van der Waals surface area contributed by atoms with Gasteiger partial charge in [0.1, 0.15) is 11.3 Å². The van der Waals surface area contributed by atoms with E-state index in [4.69, 9.17) is 5.73 Å². The smallest absolute Gasteiger partial charge is 0.339 e. The lowest BCUT2D eigenvalue weighted by Gasteiger charge is -1.97. The Kier molecular flexibility index (Phi) is 2.03. The molecule has 6 nitrogen and oxygen atoms in total. The maximum absolute atomic E-state index is 11.3. The average Bonchev–Trinajstić information content (AvgIpc) is 2.60. The molecule has 0 spiro atoms. The molecule has 0 amide bonds. The van der Waals surface area contributed by atoms with E-state index in [0.717, 1.165) is 0 Å². The fourth-order valence-corrected chi connectivity index (χ4v) is 1.37. The van der Waals surface area contributed by atoms with E-state index in [1.54, 1.807) is 19.2 Å². The Hall–Kier alpha value is -2.11. The van der Waals surface area contributed by atoms with Crippen LogP contribution in [-0.4, -0.2) is 27.7 Å². The normalized spacial score (nSPS) is 10.5. The van der Waals surface area contributed by atoms with Crippen molar-refractivity contribution in [3.05, 3.63) is 23.7 Å². The molecule has 2 N–H and O–H groups in total. The van der Waals surface area contributed by atoms with E-state index >= 15 is 0 Å². The highest BCUT2D eigenvalue weighted by molar-refractivity contribution is 5.92. The number of aryl methyl sites for hydroxylation is 1. The van der Waals surface area contributed by atoms with E-state index in [9.17, 15) is 4.79 Å². The first-order valence-corrected chi connectivity index (χ1v) is 4.32. The number of aromatic nitrogens is 3. The number of carbonyl (C=O) groups is 1. The summed E-state index contributed by atoms with van der Waals surface area (Å²) < 4.78 is 6.11. The maximum Gasteiger partial charge on any atom is 0.339 e. The lowest BCUT2D eigenvalue weighted by Crippen LogP contribution is -2.01. The standard InChI is InChI=1S/C9H10N4O2/c1-5-11-8(10)7-3-6(9(14)15-2)4-13(7)12-5/h3-4H,1-2H3,(H2,10,11,12). The molecule has 0 saturated carbocycles. The van der Waals surface area contributed by atoms with Crippen molar-refractivity contribution in [3.63, 3.8) is 0 Å². The van der Waals surface area contributed by atoms with Crippen molar-refractivity contribution in [2.24, 2.45) is 0 Å². The fraction of sp³-hybridized carbons (Fsp3) is 0.222. The van der Waals surface area contributed by atoms with Gasteiger partial charge in [0.05, 0.1) is 12.7 Å². The Morgan fingerprint density at radius 3 is 3.00 bits per heavy atom. The summed E-state index contributed by atoms with van der Waals surface area (Å²) >= 11 is 0. The third-order valence-corrected chi connectivity index (χ3v) is 2.02. The Balaban J connectivity index is 2.65. The Morgan fingerprint density at radius 2 is 2.33 bits per heavy atom. The van der Waals surface area contributed by atoms with Crippen LogP contribution in [0.4, 0.5) is 5.82 Å². The van der Waals surface area contributed by atoms with Crippen LogP contribution in [0.3, 0.4) is 0 Å². The summed E-state index contributed by atoms with van der Waals surface area (Å²) in [6.45, 7) is 1.73. The van der Waals surface area contributed by atoms with Gasteiger partial charge < -0.3 is 10.5 Å². The van der Waals surface area contributed by atoms with Gasteiger partial charge in [-0.1, -0.05) is 0 Å². The number of fused-ring (bicyclic) bond motifs is 1. The van der Waals surface area contributed by atoms with E-state index in [-0.39, 0.29) is 0 Å². The van der Waals surface area contributed by atoms with Crippen LogP contribution in [0.15, 0.2) is 12.3 Å². The van der Waals surface area contributed by atoms with Crippen molar-refractivity contribution in [1.29, 1.82) is 0 Å². The summed E-state index contributed by atoms with van der Waals surface area (Å²) in [5, 5.41) is 4.09. The third kappa shape index (κ3) is 1.50. The first-order chi connectivity index (χ1) is 7.11. The molecule has 0 unspecified atom stereocenters. The van der Waals surface area contributed by atoms with E-state index in [2.05, 4.69) is 14.8 Å². The van der Waals surface area contributed by atoms with Crippen molar-refractivity contribution in [1.82, 2.24) is 14.6 Å². The van der Waals surface area contributed by atoms with E-state index < -0.39 is 5.97 Å². The lowest BCUT2D eigenvalue weighted by atomic mass is 10.3. The van der Waals surface area contributed by atoms with Crippen molar-refractivity contribution in [3.8, 4) is 0 Å². The van der Waals surface area contributed by atoms with Crippen LogP contribution in [0.5, 0.6) is 0 Å². The van der Waals surface area contributed by atoms with Gasteiger partial charge in [-0.25, -0.2) is 14.3 Å². The highest BCUT2D eigenvalue weighted by Crippen LogP contribution is 2.14. The first kappa shape index (κ1) is 9.45. The quantitative estimate of drug-likeness (QED) is 0.683. The minimum absolute atomic E-state index is 0.345. The molecular weight excluding hydrogens is 196 g/mol. The Morgan fingerprint density at radius 1 is 1.60 bits per heavy atom. The van der Waals surface area contributed by atoms with Gasteiger partial charge >= 0.3 is 5.97 Å². The van der Waals surface area contributed by atoms with Gasteiger partial charge in [0.25, 0.3) is 0 Å². The summed E-state index contributed by atoms with van der Waals surface area (Å²) in [5.74, 6) is 0.474. The topological polar surface area (TPSA) is 82.5 Å².